The van der Waals surface area contributed by atoms with Gasteiger partial charge >= 0.3 is 0 Å². The Balaban J connectivity index is 1.62. The molecule has 0 saturated heterocycles. The number of aryl methyl sites for hydroxylation is 1. The van der Waals surface area contributed by atoms with Crippen LogP contribution in [-0.2, 0) is 4.79 Å². The molecule has 4 aromatic rings. The van der Waals surface area contributed by atoms with E-state index in [2.05, 4.69) is 22.1 Å². The van der Waals surface area contributed by atoms with Crippen molar-refractivity contribution in [3.8, 4) is 28.5 Å². The van der Waals surface area contributed by atoms with Crippen LogP contribution in [0.2, 0.25) is 5.02 Å². The first-order valence-corrected chi connectivity index (χ1v) is 12.6. The molecule has 178 valence electrons. The van der Waals surface area contributed by atoms with Crippen LogP contribution in [0.4, 0.5) is 5.69 Å². The van der Waals surface area contributed by atoms with Gasteiger partial charge in [0.05, 0.1) is 5.69 Å². The van der Waals surface area contributed by atoms with E-state index in [0.717, 1.165) is 23.3 Å². The van der Waals surface area contributed by atoms with Crippen molar-refractivity contribution in [3.63, 3.8) is 0 Å². The van der Waals surface area contributed by atoms with E-state index in [0.29, 0.717) is 44.5 Å². The third-order valence-electron chi connectivity index (χ3n) is 5.61. The van der Waals surface area contributed by atoms with Gasteiger partial charge in [-0.15, -0.1) is 10.2 Å². The molecule has 0 spiro atoms. The van der Waals surface area contributed by atoms with Crippen molar-refractivity contribution >= 4 is 35.0 Å². The monoisotopic (exact) mass is 506 g/mol. The summed E-state index contributed by atoms with van der Waals surface area (Å²) in [5.41, 5.74) is 3.65. The fraction of sp³-hybridized carbons (Fsp3) is 0.231. The number of fused-ring (bicyclic) bond motifs is 3. The molecule has 35 heavy (non-hydrogen) atoms. The van der Waals surface area contributed by atoms with Crippen LogP contribution in [0.1, 0.15) is 37.8 Å². The molecular weight excluding hydrogens is 484 g/mol. The summed E-state index contributed by atoms with van der Waals surface area (Å²) in [7, 11) is 0. The maximum absolute atomic E-state index is 12.9. The van der Waals surface area contributed by atoms with Crippen molar-refractivity contribution in [2.45, 2.75) is 38.6 Å². The predicted molar refractivity (Wildman–Crippen MR) is 137 cm³/mol. The van der Waals surface area contributed by atoms with Crippen LogP contribution < -0.4 is 9.64 Å². The lowest BCUT2D eigenvalue weighted by atomic mass is 10.1. The number of carbonyl (C=O) groups is 1. The van der Waals surface area contributed by atoms with Crippen LogP contribution in [0.5, 0.6) is 5.88 Å². The number of hydrogen-bond acceptors (Lipinski definition) is 7. The molecule has 9 heteroatoms. The zero-order valence-electron chi connectivity index (χ0n) is 19.5. The van der Waals surface area contributed by atoms with Gasteiger partial charge in [0.1, 0.15) is 5.76 Å². The van der Waals surface area contributed by atoms with E-state index < -0.39 is 6.23 Å². The third kappa shape index (κ3) is 4.51. The molecule has 3 heterocycles. The number of rotatable bonds is 5. The molecule has 0 aliphatic carbocycles. The zero-order chi connectivity index (χ0) is 24.5. The van der Waals surface area contributed by atoms with E-state index in [9.17, 15) is 4.79 Å². The number of nitrogens with zero attached hydrogens (tertiary/aromatic N) is 4. The number of ether oxygens (including phenoxy) is 1. The van der Waals surface area contributed by atoms with Crippen molar-refractivity contribution in [3.05, 3.63) is 70.9 Å². The van der Waals surface area contributed by atoms with Gasteiger partial charge in [-0.1, -0.05) is 60.6 Å². The van der Waals surface area contributed by atoms with Crippen molar-refractivity contribution in [2.24, 2.45) is 0 Å². The smallest absolute Gasteiger partial charge is 0.247 e. The molecule has 1 aliphatic rings. The van der Waals surface area contributed by atoms with Gasteiger partial charge in [-0.3, -0.25) is 9.69 Å². The van der Waals surface area contributed by atoms with E-state index in [1.54, 1.807) is 11.0 Å². The second kappa shape index (κ2) is 9.71. The first kappa shape index (κ1) is 23.4. The lowest BCUT2D eigenvalue weighted by Crippen LogP contribution is -2.35. The van der Waals surface area contributed by atoms with Crippen LogP contribution in [0, 0.1) is 6.92 Å². The number of furan rings is 1. The number of anilines is 1. The molecule has 1 amide bonds. The fourth-order valence-corrected chi connectivity index (χ4v) is 4.69. The Bertz CT molecular complexity index is 1410. The first-order chi connectivity index (χ1) is 17.0. The van der Waals surface area contributed by atoms with Gasteiger partial charge in [-0.2, -0.15) is 4.98 Å². The Morgan fingerprint density at radius 3 is 2.74 bits per heavy atom. The average molecular weight is 507 g/mol. The number of halogens is 1. The van der Waals surface area contributed by atoms with Gasteiger partial charge in [0.2, 0.25) is 23.2 Å². The summed E-state index contributed by atoms with van der Waals surface area (Å²) in [6.07, 6.45) is 0.0959. The highest BCUT2D eigenvalue weighted by molar-refractivity contribution is 7.99. The summed E-state index contributed by atoms with van der Waals surface area (Å²) in [6, 6.07) is 16.9. The number of hydrogen-bond donors (Lipinski definition) is 0. The minimum absolute atomic E-state index is 0.208. The van der Waals surface area contributed by atoms with Crippen molar-refractivity contribution in [2.75, 3.05) is 10.7 Å². The van der Waals surface area contributed by atoms with Crippen LogP contribution >= 0.6 is 23.4 Å². The molecule has 0 bridgehead atoms. The number of amides is 1. The molecule has 0 fully saturated rings. The Kier molecular flexibility index (Phi) is 6.49. The molecular formula is C26H23ClN4O3S. The largest absolute Gasteiger partial charge is 0.455 e. The normalized spacial score (nSPS) is 14.6. The second-order valence-corrected chi connectivity index (χ2v) is 9.61. The van der Waals surface area contributed by atoms with Gasteiger partial charge in [-0.25, -0.2) is 0 Å². The van der Waals surface area contributed by atoms with E-state index in [4.69, 9.17) is 20.8 Å². The summed E-state index contributed by atoms with van der Waals surface area (Å²) < 4.78 is 12.6. The number of benzene rings is 2. The van der Waals surface area contributed by atoms with E-state index in [1.165, 1.54) is 18.7 Å². The maximum Gasteiger partial charge on any atom is 0.247 e. The van der Waals surface area contributed by atoms with Gasteiger partial charge < -0.3 is 9.15 Å². The van der Waals surface area contributed by atoms with Crippen LogP contribution in [0.3, 0.4) is 0 Å². The molecule has 0 radical (unpaired) electrons. The number of aromatic nitrogens is 3. The number of carbonyl (C=O) groups excluding carboxylic acids is 1. The summed E-state index contributed by atoms with van der Waals surface area (Å²) in [5.74, 6) is 2.03. The quantitative estimate of drug-likeness (QED) is 0.278. The molecule has 7 nitrogen and oxygen atoms in total. The third-order valence-corrected chi connectivity index (χ3v) is 7.06. The number of thioether (sulfide) groups is 1. The maximum atomic E-state index is 12.9. The summed E-state index contributed by atoms with van der Waals surface area (Å²) in [5, 5.41) is 9.88. The van der Waals surface area contributed by atoms with Gasteiger partial charge in [0.15, 0.2) is 11.5 Å². The van der Waals surface area contributed by atoms with E-state index in [-0.39, 0.29) is 5.91 Å². The summed E-state index contributed by atoms with van der Waals surface area (Å²) in [6.45, 7) is 5.53. The van der Waals surface area contributed by atoms with Crippen LogP contribution in [0.25, 0.3) is 22.6 Å². The average Bonchev–Trinajstić information content (AvgIpc) is 3.29. The highest BCUT2D eigenvalue weighted by Crippen LogP contribution is 2.44. The molecule has 0 saturated carbocycles. The van der Waals surface area contributed by atoms with E-state index >= 15 is 0 Å². The Hall–Kier alpha value is -3.36. The second-order valence-electron chi connectivity index (χ2n) is 8.14. The Labute approximate surface area is 212 Å². The molecule has 0 unspecified atom stereocenters. The minimum atomic E-state index is -0.884. The van der Waals surface area contributed by atoms with Gasteiger partial charge in [0, 0.05) is 28.8 Å². The highest BCUT2D eigenvalue weighted by Gasteiger charge is 2.36. The lowest BCUT2D eigenvalue weighted by molar-refractivity contribution is -0.118. The van der Waals surface area contributed by atoms with Crippen LogP contribution in [0.15, 0.2) is 64.2 Å². The molecule has 0 N–H and O–H groups in total. The lowest BCUT2D eigenvalue weighted by Gasteiger charge is -2.28. The van der Waals surface area contributed by atoms with Crippen LogP contribution in [-0.4, -0.2) is 26.8 Å². The SMILES string of the molecule is CCCSc1nnc2c(n1)O[C@@H](c1ccc(-c3ccc(C)c(Cl)c3)o1)N(C(C)=O)c1ccccc1-2. The Morgan fingerprint density at radius 1 is 1.14 bits per heavy atom. The topological polar surface area (TPSA) is 81.3 Å². The molecule has 5 rings (SSSR count). The van der Waals surface area contributed by atoms with Gasteiger partial charge in [0.25, 0.3) is 0 Å². The fourth-order valence-electron chi connectivity index (χ4n) is 3.88. The van der Waals surface area contributed by atoms with Crippen molar-refractivity contribution in [1.82, 2.24) is 15.2 Å². The number of para-hydroxylation sites is 1. The zero-order valence-corrected chi connectivity index (χ0v) is 21.1. The molecule has 1 aliphatic heterocycles. The molecule has 2 aromatic heterocycles. The van der Waals surface area contributed by atoms with Gasteiger partial charge in [-0.05, 0) is 43.2 Å². The van der Waals surface area contributed by atoms with Crippen molar-refractivity contribution < 1.29 is 13.9 Å². The summed E-state index contributed by atoms with van der Waals surface area (Å²) in [4.78, 5) is 19.1. The van der Waals surface area contributed by atoms with E-state index in [1.807, 2.05) is 55.5 Å². The standard InChI is InChI=1S/C26H23ClN4O3S/c1-4-13-35-26-28-24-23(29-30-26)18-7-5-6-8-20(18)31(16(3)32)25(34-24)22-12-11-21(33-22)17-10-9-15(2)19(27)14-17/h5-12,14,25H,4,13H2,1-3H3/t25-/m0/s1. The predicted octanol–water partition coefficient (Wildman–Crippen LogP) is 6.71. The highest BCUT2D eigenvalue weighted by atomic mass is 35.5. The Morgan fingerprint density at radius 2 is 1.97 bits per heavy atom. The molecule has 2 aromatic carbocycles. The first-order valence-electron chi connectivity index (χ1n) is 11.3. The summed E-state index contributed by atoms with van der Waals surface area (Å²) >= 11 is 7.83. The van der Waals surface area contributed by atoms with Crippen molar-refractivity contribution in [1.29, 1.82) is 0 Å². The minimum Gasteiger partial charge on any atom is -0.455 e. The molecule has 1 atom stereocenters.